The van der Waals surface area contributed by atoms with Gasteiger partial charge in [-0.1, -0.05) is 0 Å². The summed E-state index contributed by atoms with van der Waals surface area (Å²) in [5.74, 6) is 0.528. The third-order valence-electron chi connectivity index (χ3n) is 4.15. The van der Waals surface area contributed by atoms with Crippen molar-refractivity contribution in [2.45, 2.75) is 37.8 Å². The second-order valence-corrected chi connectivity index (χ2v) is 5.89. The average molecular weight is 344 g/mol. The zero-order chi connectivity index (χ0) is 17.6. The minimum atomic E-state index is -0.231. The number of pyridine rings is 1. The van der Waals surface area contributed by atoms with E-state index in [4.69, 9.17) is 9.47 Å². The van der Waals surface area contributed by atoms with Crippen LogP contribution in [0.5, 0.6) is 11.8 Å². The summed E-state index contributed by atoms with van der Waals surface area (Å²) in [6, 6.07) is 3.25. The zero-order valence-electron chi connectivity index (χ0n) is 13.9. The Labute approximate surface area is 145 Å². The van der Waals surface area contributed by atoms with Crippen LogP contribution in [-0.4, -0.2) is 35.1 Å². The number of hydrogen-bond donors (Lipinski definition) is 1. The van der Waals surface area contributed by atoms with Gasteiger partial charge >= 0.3 is 0 Å². The van der Waals surface area contributed by atoms with Crippen LogP contribution in [0.4, 0.5) is 0 Å². The van der Waals surface area contributed by atoms with Gasteiger partial charge in [-0.3, -0.25) is 4.79 Å². The first kappa shape index (κ1) is 16.9. The van der Waals surface area contributed by atoms with E-state index in [1.807, 2.05) is 0 Å². The lowest BCUT2D eigenvalue weighted by molar-refractivity contribution is -0.605. The molecule has 2 heterocycles. The number of nitrogens with one attached hydrogen (secondary N) is 1. The molecule has 0 unspecified atom stereocenters. The van der Waals surface area contributed by atoms with Gasteiger partial charge in [0.2, 0.25) is 0 Å². The average Bonchev–Trinajstić information content (AvgIpc) is 2.64. The molecular weight excluding hydrogens is 324 g/mol. The highest BCUT2D eigenvalue weighted by Gasteiger charge is 2.25. The molecule has 25 heavy (non-hydrogen) atoms. The maximum absolute atomic E-state index is 12.2. The summed E-state index contributed by atoms with van der Waals surface area (Å²) in [7, 11) is 1.53. The van der Waals surface area contributed by atoms with Gasteiger partial charge in [-0.05, 0) is 31.7 Å². The zero-order valence-corrected chi connectivity index (χ0v) is 13.9. The summed E-state index contributed by atoms with van der Waals surface area (Å²) < 4.78 is 11.6. The number of hydrogen-bond acceptors (Lipinski definition) is 6. The van der Waals surface area contributed by atoms with Gasteiger partial charge in [-0.15, -0.1) is 0 Å². The monoisotopic (exact) mass is 344 g/mol. The van der Waals surface area contributed by atoms with E-state index >= 15 is 0 Å². The van der Waals surface area contributed by atoms with Crippen molar-refractivity contribution in [3.8, 4) is 11.8 Å². The first-order chi connectivity index (χ1) is 12.2. The highest BCUT2D eigenvalue weighted by Crippen LogP contribution is 2.27. The molecule has 0 atom stereocenters. The third kappa shape index (κ3) is 4.34. The first-order valence-electron chi connectivity index (χ1n) is 8.17. The van der Waals surface area contributed by atoms with Crippen molar-refractivity contribution in [1.29, 1.82) is 0 Å². The number of aromatic nitrogens is 3. The van der Waals surface area contributed by atoms with Gasteiger partial charge < -0.3 is 20.0 Å². The minimum Gasteiger partial charge on any atom is -0.619 e. The quantitative estimate of drug-likeness (QED) is 0.647. The maximum Gasteiger partial charge on any atom is 0.278 e. The molecule has 1 aliphatic rings. The van der Waals surface area contributed by atoms with Crippen LogP contribution in [0.15, 0.2) is 36.9 Å². The molecule has 2 aromatic heterocycles. The fourth-order valence-corrected chi connectivity index (χ4v) is 2.87. The van der Waals surface area contributed by atoms with Crippen molar-refractivity contribution >= 4 is 5.91 Å². The molecule has 0 aliphatic heterocycles. The molecule has 0 bridgehead atoms. The second-order valence-electron chi connectivity index (χ2n) is 5.89. The molecule has 1 amide bonds. The number of ether oxygens (including phenoxy) is 2. The summed E-state index contributed by atoms with van der Waals surface area (Å²) in [6.45, 7) is 0. The number of carbonyl (C=O) groups is 1. The predicted molar refractivity (Wildman–Crippen MR) is 88.1 cm³/mol. The van der Waals surface area contributed by atoms with Crippen LogP contribution in [0.2, 0.25) is 0 Å². The van der Waals surface area contributed by atoms with E-state index in [0.29, 0.717) is 22.1 Å². The number of methoxy groups -OCH3 is 1. The standard InChI is InChI=1S/C17H20N4O4/c1-24-16-17(19-9-8-18-16)25-14-6-4-13(5-7-14)20-15(22)12-3-2-10-21(23)11-12/h2-3,8-11,13-14H,4-7H2,1H3,(H,20,22). The van der Waals surface area contributed by atoms with E-state index in [1.54, 1.807) is 24.5 Å². The molecule has 1 N–H and O–H groups in total. The van der Waals surface area contributed by atoms with E-state index in [0.717, 1.165) is 25.7 Å². The van der Waals surface area contributed by atoms with Gasteiger partial charge in [0.1, 0.15) is 11.7 Å². The largest absolute Gasteiger partial charge is 0.619 e. The molecule has 8 heteroatoms. The van der Waals surface area contributed by atoms with Crippen molar-refractivity contribution in [3.63, 3.8) is 0 Å². The van der Waals surface area contributed by atoms with E-state index in [1.165, 1.54) is 19.5 Å². The summed E-state index contributed by atoms with van der Waals surface area (Å²) >= 11 is 0. The van der Waals surface area contributed by atoms with Gasteiger partial charge in [-0.2, -0.15) is 4.73 Å². The van der Waals surface area contributed by atoms with Crippen molar-refractivity contribution in [3.05, 3.63) is 47.7 Å². The van der Waals surface area contributed by atoms with Crippen LogP contribution in [0.25, 0.3) is 0 Å². The van der Waals surface area contributed by atoms with Gasteiger partial charge in [0.25, 0.3) is 17.7 Å². The van der Waals surface area contributed by atoms with E-state index in [2.05, 4.69) is 15.3 Å². The van der Waals surface area contributed by atoms with Crippen LogP contribution in [0.3, 0.4) is 0 Å². The van der Waals surface area contributed by atoms with Crippen molar-refractivity contribution in [2.75, 3.05) is 7.11 Å². The molecule has 1 aliphatic carbocycles. The van der Waals surface area contributed by atoms with Crippen LogP contribution in [0.1, 0.15) is 36.0 Å². The van der Waals surface area contributed by atoms with E-state index in [9.17, 15) is 10.0 Å². The lowest BCUT2D eigenvalue weighted by Crippen LogP contribution is -2.40. The van der Waals surface area contributed by atoms with Crippen LogP contribution < -0.4 is 19.5 Å². The highest BCUT2D eigenvalue weighted by atomic mass is 16.5. The maximum atomic E-state index is 12.2. The molecule has 3 rings (SSSR count). The SMILES string of the molecule is COc1nccnc1OC1CCC(NC(=O)c2ccc[n+]([O-])c2)CC1. The molecule has 0 radical (unpaired) electrons. The minimum absolute atomic E-state index is 0.0132. The van der Waals surface area contributed by atoms with E-state index in [-0.39, 0.29) is 18.1 Å². The molecule has 8 nitrogen and oxygen atoms in total. The van der Waals surface area contributed by atoms with Crippen LogP contribution in [-0.2, 0) is 0 Å². The Hall–Kier alpha value is -2.90. The van der Waals surface area contributed by atoms with Crippen molar-refractivity contribution in [1.82, 2.24) is 15.3 Å². The Bertz CT molecular complexity index is 732. The lowest BCUT2D eigenvalue weighted by atomic mass is 9.92. The third-order valence-corrected chi connectivity index (χ3v) is 4.15. The molecule has 0 spiro atoms. The molecule has 0 aromatic carbocycles. The Balaban J connectivity index is 1.51. The first-order valence-corrected chi connectivity index (χ1v) is 8.17. The molecule has 1 fully saturated rings. The Morgan fingerprint density at radius 2 is 1.96 bits per heavy atom. The summed E-state index contributed by atoms with van der Waals surface area (Å²) in [5.41, 5.74) is 0.361. The second kappa shape index (κ2) is 7.78. The molecule has 0 saturated heterocycles. The van der Waals surface area contributed by atoms with Crippen molar-refractivity contribution < 1.29 is 19.0 Å². The van der Waals surface area contributed by atoms with Crippen LogP contribution >= 0.6 is 0 Å². The van der Waals surface area contributed by atoms with Crippen LogP contribution in [0, 0.1) is 5.21 Å². The smallest absolute Gasteiger partial charge is 0.278 e. The lowest BCUT2D eigenvalue weighted by Gasteiger charge is -2.29. The Morgan fingerprint density at radius 1 is 1.24 bits per heavy atom. The summed E-state index contributed by atoms with van der Waals surface area (Å²) in [4.78, 5) is 20.4. The topological polar surface area (TPSA) is 100 Å². The number of rotatable bonds is 5. The summed E-state index contributed by atoms with van der Waals surface area (Å²) in [5, 5.41) is 14.2. The van der Waals surface area contributed by atoms with Gasteiger partial charge in [0, 0.05) is 24.5 Å². The predicted octanol–water partition coefficient (Wildman–Crippen LogP) is 1.24. The molecule has 1 saturated carbocycles. The number of carbonyl (C=O) groups excluding carboxylic acids is 1. The fourth-order valence-electron chi connectivity index (χ4n) is 2.87. The Morgan fingerprint density at radius 3 is 2.64 bits per heavy atom. The highest BCUT2D eigenvalue weighted by molar-refractivity contribution is 5.93. The van der Waals surface area contributed by atoms with Crippen molar-refractivity contribution in [2.24, 2.45) is 0 Å². The Kier molecular flexibility index (Phi) is 5.27. The number of amides is 1. The van der Waals surface area contributed by atoms with Gasteiger partial charge in [0.15, 0.2) is 12.4 Å². The summed E-state index contributed by atoms with van der Waals surface area (Å²) in [6.07, 6.45) is 8.91. The fraction of sp³-hybridized carbons (Fsp3) is 0.412. The number of nitrogens with zero attached hydrogens (tertiary/aromatic N) is 3. The van der Waals surface area contributed by atoms with Gasteiger partial charge in [-0.25, -0.2) is 9.97 Å². The molecule has 132 valence electrons. The molecular formula is C17H20N4O4. The van der Waals surface area contributed by atoms with E-state index < -0.39 is 0 Å². The normalized spacial score (nSPS) is 19.9. The molecule has 2 aromatic rings. The van der Waals surface area contributed by atoms with Gasteiger partial charge in [0.05, 0.1) is 7.11 Å².